The van der Waals surface area contributed by atoms with Gasteiger partial charge in [-0.1, -0.05) is 56.0 Å². The Morgan fingerprint density at radius 3 is 2.72 bits per heavy atom. The number of nitrogens with one attached hydrogen (secondary N) is 1. The third-order valence-electron chi connectivity index (χ3n) is 6.48. The van der Waals surface area contributed by atoms with Gasteiger partial charge in [-0.3, -0.25) is 4.90 Å². The second-order valence-corrected chi connectivity index (χ2v) is 10.9. The fourth-order valence-electron chi connectivity index (χ4n) is 4.74. The van der Waals surface area contributed by atoms with E-state index in [1.807, 2.05) is 11.8 Å². The molecule has 4 rings (SSSR count). The van der Waals surface area contributed by atoms with E-state index in [0.29, 0.717) is 5.92 Å². The zero-order valence-corrected chi connectivity index (χ0v) is 21.0. The van der Waals surface area contributed by atoms with Crippen LogP contribution >= 0.6 is 24.0 Å². The van der Waals surface area contributed by atoms with E-state index < -0.39 is 0 Å². The van der Waals surface area contributed by atoms with Crippen molar-refractivity contribution in [3.63, 3.8) is 0 Å². The fraction of sp³-hybridized carbons (Fsp3) is 0.500. The average molecular weight is 470 g/mol. The molecule has 2 aromatic rings. The maximum atomic E-state index is 9.80. The van der Waals surface area contributed by atoms with E-state index >= 15 is 0 Å². The fourth-order valence-corrected chi connectivity index (χ4v) is 6.02. The van der Waals surface area contributed by atoms with Gasteiger partial charge in [0.2, 0.25) is 0 Å². The van der Waals surface area contributed by atoms with Crippen molar-refractivity contribution in [3.05, 3.63) is 48.0 Å². The molecule has 0 radical (unpaired) electrons. The zero-order chi connectivity index (χ0) is 22.7. The Morgan fingerprint density at radius 1 is 1.16 bits per heavy atom. The Bertz CT molecular complexity index is 948. The van der Waals surface area contributed by atoms with Crippen LogP contribution in [0.2, 0.25) is 0 Å². The largest absolute Gasteiger partial charge is 0.395 e. The van der Waals surface area contributed by atoms with Gasteiger partial charge in [0.15, 0.2) is 0 Å². The lowest BCUT2D eigenvalue weighted by atomic mass is 10.1. The molecule has 2 aliphatic rings. The van der Waals surface area contributed by atoms with Crippen molar-refractivity contribution in [1.82, 2.24) is 10.2 Å². The molecule has 1 saturated heterocycles. The number of likely N-dealkylation sites (tertiary alicyclic amines) is 1. The first-order valence-electron chi connectivity index (χ1n) is 11.8. The lowest BCUT2D eigenvalue weighted by Crippen LogP contribution is -2.44. The standard InChI is InChI=1S/C26H35N3OS2/c1-18(2)12-13-27-26(31)20-10-11-25-23(15-20)29(22-8-4-5-9-24(22)32-25)19(3)16-28-14-6-7-21(28)17-30/h4-5,8-11,15,18-19,21,30H,6-7,12-14,16-17H2,1-3H3,(H,27,31)/t19?,21-/m0/s1. The van der Waals surface area contributed by atoms with Crippen LogP contribution in [0.3, 0.4) is 0 Å². The van der Waals surface area contributed by atoms with Gasteiger partial charge in [0.05, 0.1) is 18.0 Å². The van der Waals surface area contributed by atoms with Crippen molar-refractivity contribution in [2.24, 2.45) is 5.92 Å². The highest BCUT2D eigenvalue weighted by Crippen LogP contribution is 2.49. The first-order valence-corrected chi connectivity index (χ1v) is 13.0. The maximum absolute atomic E-state index is 9.80. The molecule has 4 nitrogen and oxygen atoms in total. The van der Waals surface area contributed by atoms with Crippen LogP contribution in [0.5, 0.6) is 0 Å². The van der Waals surface area contributed by atoms with Gasteiger partial charge in [-0.25, -0.2) is 0 Å². The van der Waals surface area contributed by atoms with Gasteiger partial charge in [-0.2, -0.15) is 0 Å². The monoisotopic (exact) mass is 469 g/mol. The van der Waals surface area contributed by atoms with Crippen LogP contribution in [0, 0.1) is 5.92 Å². The normalized spacial score (nSPS) is 19.0. The van der Waals surface area contributed by atoms with Gasteiger partial charge in [0.1, 0.15) is 4.99 Å². The summed E-state index contributed by atoms with van der Waals surface area (Å²) in [7, 11) is 0. The van der Waals surface area contributed by atoms with Crippen LogP contribution in [0.1, 0.15) is 45.6 Å². The van der Waals surface area contributed by atoms with Gasteiger partial charge in [0, 0.05) is 40.5 Å². The number of aliphatic hydroxyl groups is 1. The number of rotatable bonds is 8. The lowest BCUT2D eigenvalue weighted by molar-refractivity contribution is 0.154. The summed E-state index contributed by atoms with van der Waals surface area (Å²) in [6, 6.07) is 15.9. The molecule has 0 aromatic heterocycles. The van der Waals surface area contributed by atoms with Crippen LogP contribution in [0.4, 0.5) is 11.4 Å². The Morgan fingerprint density at radius 2 is 1.94 bits per heavy atom. The number of hydrogen-bond acceptors (Lipinski definition) is 5. The third-order valence-corrected chi connectivity index (χ3v) is 7.99. The zero-order valence-electron chi connectivity index (χ0n) is 19.4. The van der Waals surface area contributed by atoms with Crippen LogP contribution in [0.15, 0.2) is 52.3 Å². The molecule has 6 heteroatoms. The summed E-state index contributed by atoms with van der Waals surface area (Å²) in [6.45, 7) is 9.92. The summed E-state index contributed by atoms with van der Waals surface area (Å²) in [5, 5.41) is 13.2. The quantitative estimate of drug-likeness (QED) is 0.501. The molecule has 0 aliphatic carbocycles. The van der Waals surface area contributed by atoms with Gasteiger partial charge in [-0.15, -0.1) is 0 Å². The van der Waals surface area contributed by atoms with Crippen LogP contribution in [0.25, 0.3) is 0 Å². The number of nitrogens with zero attached hydrogens (tertiary/aromatic N) is 2. The molecule has 0 saturated carbocycles. The molecular formula is C26H35N3OS2. The minimum atomic E-state index is 0.246. The topological polar surface area (TPSA) is 38.7 Å². The summed E-state index contributed by atoms with van der Waals surface area (Å²) in [5.41, 5.74) is 3.56. The summed E-state index contributed by atoms with van der Waals surface area (Å²) < 4.78 is 0. The van der Waals surface area contributed by atoms with E-state index in [2.05, 4.69) is 78.4 Å². The Kier molecular flexibility index (Phi) is 7.77. The van der Waals surface area contributed by atoms with Crippen LogP contribution in [-0.2, 0) is 0 Å². The van der Waals surface area contributed by atoms with Gasteiger partial charge >= 0.3 is 0 Å². The Hall–Kier alpha value is -1.60. The van der Waals surface area contributed by atoms with Crippen LogP contribution in [-0.4, -0.2) is 53.3 Å². The number of thiocarbonyl (C=S) groups is 1. The average Bonchev–Trinajstić information content (AvgIpc) is 3.23. The van der Waals surface area contributed by atoms with E-state index in [0.717, 1.165) is 43.0 Å². The van der Waals surface area contributed by atoms with Crippen molar-refractivity contribution in [2.45, 2.75) is 61.9 Å². The van der Waals surface area contributed by atoms with Crippen molar-refractivity contribution in [3.8, 4) is 0 Å². The molecule has 2 atom stereocenters. The number of anilines is 2. The highest BCUT2D eigenvalue weighted by Gasteiger charge is 2.31. The van der Waals surface area contributed by atoms with Gasteiger partial charge in [-0.05, 0) is 62.9 Å². The van der Waals surface area contributed by atoms with E-state index in [1.165, 1.54) is 27.6 Å². The third kappa shape index (κ3) is 5.14. The molecule has 2 heterocycles. The predicted molar refractivity (Wildman–Crippen MR) is 139 cm³/mol. The molecule has 32 heavy (non-hydrogen) atoms. The number of benzene rings is 2. The van der Waals surface area contributed by atoms with Crippen molar-refractivity contribution < 1.29 is 5.11 Å². The lowest BCUT2D eigenvalue weighted by Gasteiger charge is -2.39. The minimum absolute atomic E-state index is 0.246. The van der Waals surface area contributed by atoms with Crippen molar-refractivity contribution >= 4 is 40.3 Å². The molecule has 2 N–H and O–H groups in total. The predicted octanol–water partition coefficient (Wildman–Crippen LogP) is 5.45. The number of hydrogen-bond donors (Lipinski definition) is 2. The SMILES string of the molecule is CC(C)CCNC(=S)c1ccc2c(c1)N(C(C)CN1CCC[C@H]1CO)c1ccccc1S2. The second-order valence-electron chi connectivity index (χ2n) is 9.38. The molecule has 172 valence electrons. The highest BCUT2D eigenvalue weighted by molar-refractivity contribution is 7.99. The van der Waals surface area contributed by atoms with E-state index in [1.54, 1.807) is 0 Å². The van der Waals surface area contributed by atoms with Gasteiger partial charge in [0.25, 0.3) is 0 Å². The smallest absolute Gasteiger partial charge is 0.106 e. The van der Waals surface area contributed by atoms with Crippen LogP contribution < -0.4 is 10.2 Å². The first kappa shape index (κ1) is 23.6. The minimum Gasteiger partial charge on any atom is -0.395 e. The Balaban J connectivity index is 1.62. The number of para-hydroxylation sites is 1. The van der Waals surface area contributed by atoms with E-state index in [4.69, 9.17) is 12.2 Å². The summed E-state index contributed by atoms with van der Waals surface area (Å²) in [5.74, 6) is 0.659. The number of aliphatic hydroxyl groups excluding tert-OH is 1. The summed E-state index contributed by atoms with van der Waals surface area (Å²) in [4.78, 5) is 8.32. The molecular weight excluding hydrogens is 434 g/mol. The first-order chi connectivity index (χ1) is 15.5. The molecule has 0 spiro atoms. The summed E-state index contributed by atoms with van der Waals surface area (Å²) >= 11 is 7.57. The molecule has 0 amide bonds. The van der Waals surface area contributed by atoms with Gasteiger partial charge < -0.3 is 15.3 Å². The van der Waals surface area contributed by atoms with E-state index in [-0.39, 0.29) is 18.7 Å². The van der Waals surface area contributed by atoms with Crippen molar-refractivity contribution in [1.29, 1.82) is 0 Å². The molecule has 0 bridgehead atoms. The summed E-state index contributed by atoms with van der Waals surface area (Å²) in [6.07, 6.45) is 3.37. The molecule has 2 aliphatic heterocycles. The number of fused-ring (bicyclic) bond motifs is 2. The highest BCUT2D eigenvalue weighted by atomic mass is 32.2. The maximum Gasteiger partial charge on any atom is 0.106 e. The second kappa shape index (κ2) is 10.6. The molecule has 2 aromatic carbocycles. The molecule has 1 fully saturated rings. The van der Waals surface area contributed by atoms with Crippen molar-refractivity contribution in [2.75, 3.05) is 31.1 Å². The molecule has 1 unspecified atom stereocenters. The van der Waals surface area contributed by atoms with E-state index in [9.17, 15) is 5.11 Å². The Labute approximate surface area is 202 Å².